The normalized spacial score (nSPS) is 10.3. The zero-order valence-electron chi connectivity index (χ0n) is 13.2. The van der Waals surface area contributed by atoms with E-state index in [1.165, 1.54) is 5.56 Å². The summed E-state index contributed by atoms with van der Waals surface area (Å²) in [5.74, 6) is -0.107. The third-order valence-corrected chi connectivity index (χ3v) is 3.74. The lowest BCUT2D eigenvalue weighted by Gasteiger charge is -2.09. The van der Waals surface area contributed by atoms with Crippen molar-refractivity contribution in [1.29, 1.82) is 0 Å². The lowest BCUT2D eigenvalue weighted by atomic mass is 10.1. The van der Waals surface area contributed by atoms with Gasteiger partial charge in [0.05, 0.1) is 5.69 Å². The minimum absolute atomic E-state index is 0.107. The molecule has 0 aliphatic heterocycles. The van der Waals surface area contributed by atoms with Crippen molar-refractivity contribution in [2.45, 2.75) is 13.8 Å². The standard InChI is InChI=1S/C20H18N2O/c1-14-6-11-18(15(2)13-14)22-20(23)17-9-7-16(8-10-17)19-5-3-4-12-21-19/h3-13H,1-2H3,(H,22,23). The molecule has 0 saturated carbocycles. The average molecular weight is 302 g/mol. The van der Waals surface area contributed by atoms with Gasteiger partial charge in [0.25, 0.3) is 5.91 Å². The van der Waals surface area contributed by atoms with Gasteiger partial charge in [-0.25, -0.2) is 0 Å². The first-order valence-electron chi connectivity index (χ1n) is 7.53. The Morgan fingerprint density at radius 3 is 2.39 bits per heavy atom. The number of hydrogen-bond acceptors (Lipinski definition) is 2. The summed E-state index contributed by atoms with van der Waals surface area (Å²) in [6.45, 7) is 4.03. The van der Waals surface area contributed by atoms with Crippen molar-refractivity contribution in [3.05, 3.63) is 83.6 Å². The van der Waals surface area contributed by atoms with Crippen LogP contribution >= 0.6 is 0 Å². The van der Waals surface area contributed by atoms with E-state index in [0.29, 0.717) is 5.56 Å². The van der Waals surface area contributed by atoms with Crippen LogP contribution in [0.4, 0.5) is 5.69 Å². The van der Waals surface area contributed by atoms with Crippen molar-refractivity contribution in [2.24, 2.45) is 0 Å². The van der Waals surface area contributed by atoms with Crippen LogP contribution in [0, 0.1) is 13.8 Å². The number of amides is 1. The van der Waals surface area contributed by atoms with Crippen molar-refractivity contribution in [3.8, 4) is 11.3 Å². The molecule has 3 nitrogen and oxygen atoms in total. The highest BCUT2D eigenvalue weighted by Gasteiger charge is 2.08. The third-order valence-electron chi connectivity index (χ3n) is 3.74. The van der Waals surface area contributed by atoms with E-state index in [-0.39, 0.29) is 5.91 Å². The molecule has 0 unspecified atom stereocenters. The van der Waals surface area contributed by atoms with E-state index in [1.54, 1.807) is 6.20 Å². The van der Waals surface area contributed by atoms with E-state index in [2.05, 4.69) is 16.4 Å². The second-order valence-corrected chi connectivity index (χ2v) is 5.56. The number of pyridine rings is 1. The van der Waals surface area contributed by atoms with Gasteiger partial charge >= 0.3 is 0 Å². The molecule has 0 spiro atoms. The minimum Gasteiger partial charge on any atom is -0.322 e. The number of nitrogens with one attached hydrogen (secondary N) is 1. The van der Waals surface area contributed by atoms with Crippen LogP contribution in [0.15, 0.2) is 66.9 Å². The SMILES string of the molecule is Cc1ccc(NC(=O)c2ccc(-c3ccccn3)cc2)c(C)c1. The number of aryl methyl sites for hydroxylation is 2. The quantitative estimate of drug-likeness (QED) is 0.767. The molecule has 23 heavy (non-hydrogen) atoms. The fourth-order valence-electron chi connectivity index (χ4n) is 2.47. The zero-order valence-corrected chi connectivity index (χ0v) is 13.2. The highest BCUT2D eigenvalue weighted by atomic mass is 16.1. The Morgan fingerprint density at radius 1 is 0.957 bits per heavy atom. The van der Waals surface area contributed by atoms with E-state index in [9.17, 15) is 4.79 Å². The maximum Gasteiger partial charge on any atom is 0.255 e. The number of hydrogen-bond donors (Lipinski definition) is 1. The summed E-state index contributed by atoms with van der Waals surface area (Å²) in [5.41, 5.74) is 5.60. The van der Waals surface area contributed by atoms with Crippen molar-refractivity contribution in [3.63, 3.8) is 0 Å². The first kappa shape index (κ1) is 15.0. The Morgan fingerprint density at radius 2 is 1.74 bits per heavy atom. The molecule has 0 aliphatic carbocycles. The van der Waals surface area contributed by atoms with E-state index in [0.717, 1.165) is 22.5 Å². The average Bonchev–Trinajstić information content (AvgIpc) is 2.58. The molecule has 1 amide bonds. The Balaban J connectivity index is 1.78. The second-order valence-electron chi connectivity index (χ2n) is 5.56. The molecule has 0 saturated heterocycles. The fourth-order valence-corrected chi connectivity index (χ4v) is 2.47. The van der Waals surface area contributed by atoms with E-state index in [4.69, 9.17) is 0 Å². The maximum atomic E-state index is 12.4. The van der Waals surface area contributed by atoms with Crippen molar-refractivity contribution in [1.82, 2.24) is 4.98 Å². The van der Waals surface area contributed by atoms with Gasteiger partial charge < -0.3 is 5.32 Å². The smallest absolute Gasteiger partial charge is 0.255 e. The predicted molar refractivity (Wildman–Crippen MR) is 93.5 cm³/mol. The minimum atomic E-state index is -0.107. The molecule has 0 fully saturated rings. The van der Waals surface area contributed by atoms with E-state index < -0.39 is 0 Å². The molecule has 2 aromatic carbocycles. The number of carbonyl (C=O) groups excluding carboxylic acids is 1. The van der Waals surface area contributed by atoms with Crippen LogP contribution < -0.4 is 5.32 Å². The van der Waals surface area contributed by atoms with Crippen LogP contribution in [-0.4, -0.2) is 10.9 Å². The first-order valence-corrected chi connectivity index (χ1v) is 7.53. The summed E-state index contributed by atoms with van der Waals surface area (Å²) in [6, 6.07) is 19.2. The topological polar surface area (TPSA) is 42.0 Å². The monoisotopic (exact) mass is 302 g/mol. The zero-order chi connectivity index (χ0) is 16.2. The number of rotatable bonds is 3. The Kier molecular flexibility index (Phi) is 4.20. The Labute approximate surface area is 136 Å². The molecule has 1 heterocycles. The second kappa shape index (κ2) is 6.44. The summed E-state index contributed by atoms with van der Waals surface area (Å²) < 4.78 is 0. The lowest BCUT2D eigenvalue weighted by molar-refractivity contribution is 0.102. The van der Waals surface area contributed by atoms with Crippen LogP contribution in [0.2, 0.25) is 0 Å². The van der Waals surface area contributed by atoms with Gasteiger partial charge in [0.15, 0.2) is 0 Å². The highest BCUT2D eigenvalue weighted by molar-refractivity contribution is 6.04. The lowest BCUT2D eigenvalue weighted by Crippen LogP contribution is -2.12. The fraction of sp³-hybridized carbons (Fsp3) is 0.100. The maximum absolute atomic E-state index is 12.4. The number of nitrogens with zero attached hydrogens (tertiary/aromatic N) is 1. The molecular weight excluding hydrogens is 284 g/mol. The van der Waals surface area contributed by atoms with E-state index in [1.807, 2.05) is 68.4 Å². The Bertz CT molecular complexity index is 824. The van der Waals surface area contributed by atoms with Crippen LogP contribution in [0.1, 0.15) is 21.5 Å². The largest absolute Gasteiger partial charge is 0.322 e. The molecule has 1 aromatic heterocycles. The molecule has 0 atom stereocenters. The molecular formula is C20H18N2O. The molecule has 1 N–H and O–H groups in total. The van der Waals surface area contributed by atoms with Crippen molar-refractivity contribution < 1.29 is 4.79 Å². The van der Waals surface area contributed by atoms with Gasteiger partial charge in [-0.1, -0.05) is 35.9 Å². The van der Waals surface area contributed by atoms with Crippen molar-refractivity contribution in [2.75, 3.05) is 5.32 Å². The van der Waals surface area contributed by atoms with Crippen LogP contribution in [0.25, 0.3) is 11.3 Å². The molecule has 0 bridgehead atoms. The van der Waals surface area contributed by atoms with Gasteiger partial charge in [0.1, 0.15) is 0 Å². The van der Waals surface area contributed by atoms with Crippen LogP contribution in [-0.2, 0) is 0 Å². The van der Waals surface area contributed by atoms with Gasteiger partial charge in [-0.3, -0.25) is 9.78 Å². The number of aromatic nitrogens is 1. The van der Waals surface area contributed by atoms with Gasteiger partial charge in [0.2, 0.25) is 0 Å². The van der Waals surface area contributed by atoms with Crippen LogP contribution in [0.5, 0.6) is 0 Å². The number of benzene rings is 2. The summed E-state index contributed by atoms with van der Waals surface area (Å²) in [7, 11) is 0. The van der Waals surface area contributed by atoms with Gasteiger partial charge in [-0.15, -0.1) is 0 Å². The molecule has 114 valence electrons. The van der Waals surface area contributed by atoms with Crippen molar-refractivity contribution >= 4 is 11.6 Å². The van der Waals surface area contributed by atoms with Gasteiger partial charge in [-0.2, -0.15) is 0 Å². The summed E-state index contributed by atoms with van der Waals surface area (Å²) in [6.07, 6.45) is 1.76. The number of anilines is 1. The number of carbonyl (C=O) groups is 1. The molecule has 0 aliphatic rings. The molecule has 0 radical (unpaired) electrons. The first-order chi connectivity index (χ1) is 11.1. The summed E-state index contributed by atoms with van der Waals surface area (Å²) >= 11 is 0. The summed E-state index contributed by atoms with van der Waals surface area (Å²) in [5, 5.41) is 2.96. The Hall–Kier alpha value is -2.94. The van der Waals surface area contributed by atoms with Crippen LogP contribution in [0.3, 0.4) is 0 Å². The predicted octanol–water partition coefficient (Wildman–Crippen LogP) is 4.62. The van der Waals surface area contributed by atoms with Gasteiger partial charge in [0, 0.05) is 23.0 Å². The third kappa shape index (κ3) is 3.46. The molecule has 3 heteroatoms. The highest BCUT2D eigenvalue weighted by Crippen LogP contribution is 2.19. The molecule has 3 aromatic rings. The van der Waals surface area contributed by atoms with E-state index >= 15 is 0 Å². The molecule has 3 rings (SSSR count). The van der Waals surface area contributed by atoms with Gasteiger partial charge in [-0.05, 0) is 49.7 Å². The summed E-state index contributed by atoms with van der Waals surface area (Å²) in [4.78, 5) is 16.7.